The van der Waals surface area contributed by atoms with Gasteiger partial charge in [-0.1, -0.05) is 18.6 Å². The van der Waals surface area contributed by atoms with Crippen LogP contribution < -0.4 is 9.57 Å². The SMILES string of the molecule is COc1ccc(COC(=O)[C@@]2(C)CCC[C@H]2C(=O)On2nnc3cccnc32)cc1. The molecule has 0 amide bonds. The lowest BCUT2D eigenvalue weighted by Gasteiger charge is -2.27. The summed E-state index contributed by atoms with van der Waals surface area (Å²) >= 11 is 0. The van der Waals surface area contributed by atoms with Crippen LogP contribution in [0.2, 0.25) is 0 Å². The Morgan fingerprint density at radius 2 is 2.03 bits per heavy atom. The Morgan fingerprint density at radius 3 is 2.80 bits per heavy atom. The normalized spacial score (nSPS) is 20.8. The molecular weight excluding hydrogens is 388 g/mol. The highest BCUT2D eigenvalue weighted by molar-refractivity contribution is 5.86. The summed E-state index contributed by atoms with van der Waals surface area (Å²) in [5.74, 6) is -0.872. The van der Waals surface area contributed by atoms with Crippen LogP contribution in [0.5, 0.6) is 5.75 Å². The Kier molecular flexibility index (Phi) is 5.35. The van der Waals surface area contributed by atoms with Crippen molar-refractivity contribution in [2.75, 3.05) is 7.11 Å². The first-order valence-corrected chi connectivity index (χ1v) is 9.70. The Morgan fingerprint density at radius 1 is 1.23 bits per heavy atom. The fourth-order valence-electron chi connectivity index (χ4n) is 3.78. The lowest BCUT2D eigenvalue weighted by molar-refractivity contribution is -0.168. The van der Waals surface area contributed by atoms with Crippen molar-refractivity contribution in [3.63, 3.8) is 0 Å². The van der Waals surface area contributed by atoms with Crippen LogP contribution in [0.1, 0.15) is 31.7 Å². The van der Waals surface area contributed by atoms with Gasteiger partial charge in [-0.3, -0.25) is 4.79 Å². The van der Waals surface area contributed by atoms with Gasteiger partial charge in [0.1, 0.15) is 17.9 Å². The van der Waals surface area contributed by atoms with Gasteiger partial charge in [0.05, 0.1) is 18.4 Å². The van der Waals surface area contributed by atoms with E-state index in [4.69, 9.17) is 14.3 Å². The number of carbonyl (C=O) groups is 2. The lowest BCUT2D eigenvalue weighted by atomic mass is 9.80. The largest absolute Gasteiger partial charge is 0.497 e. The minimum absolute atomic E-state index is 0.123. The molecule has 1 fully saturated rings. The van der Waals surface area contributed by atoms with E-state index in [-0.39, 0.29) is 6.61 Å². The number of esters is 1. The maximum atomic E-state index is 12.9. The molecule has 0 saturated heterocycles. The summed E-state index contributed by atoms with van der Waals surface area (Å²) in [6.45, 7) is 1.87. The van der Waals surface area contributed by atoms with Crippen LogP contribution in [0, 0.1) is 11.3 Å². The van der Waals surface area contributed by atoms with Gasteiger partial charge >= 0.3 is 11.9 Å². The van der Waals surface area contributed by atoms with Gasteiger partial charge in [-0.05, 0) is 59.7 Å². The summed E-state index contributed by atoms with van der Waals surface area (Å²) in [5.41, 5.74) is 0.726. The molecule has 9 heteroatoms. The number of aromatic nitrogens is 4. The van der Waals surface area contributed by atoms with Gasteiger partial charge in [-0.15, -0.1) is 5.10 Å². The molecule has 1 saturated carbocycles. The minimum Gasteiger partial charge on any atom is -0.497 e. The van der Waals surface area contributed by atoms with E-state index in [0.29, 0.717) is 24.0 Å². The monoisotopic (exact) mass is 410 g/mol. The molecule has 2 aromatic heterocycles. The number of pyridine rings is 1. The molecule has 3 aromatic rings. The molecule has 1 aliphatic rings. The highest BCUT2D eigenvalue weighted by atomic mass is 16.7. The second-order valence-corrected chi connectivity index (χ2v) is 7.51. The van der Waals surface area contributed by atoms with Crippen LogP contribution in [-0.2, 0) is 20.9 Å². The van der Waals surface area contributed by atoms with Crippen LogP contribution in [0.3, 0.4) is 0 Å². The van der Waals surface area contributed by atoms with E-state index in [1.807, 2.05) is 12.1 Å². The van der Waals surface area contributed by atoms with E-state index >= 15 is 0 Å². The van der Waals surface area contributed by atoms with Gasteiger partial charge in [0.15, 0.2) is 0 Å². The number of hydrogen-bond acceptors (Lipinski definition) is 8. The molecule has 0 unspecified atom stereocenters. The van der Waals surface area contributed by atoms with Crippen LogP contribution >= 0.6 is 0 Å². The van der Waals surface area contributed by atoms with Gasteiger partial charge in [-0.25, -0.2) is 9.78 Å². The van der Waals surface area contributed by atoms with E-state index in [2.05, 4.69) is 15.3 Å². The van der Waals surface area contributed by atoms with Crippen molar-refractivity contribution < 1.29 is 23.9 Å². The average Bonchev–Trinajstić information content (AvgIpc) is 3.37. The van der Waals surface area contributed by atoms with Gasteiger partial charge < -0.3 is 14.3 Å². The standard InChI is InChI=1S/C21H22N4O5/c1-21(20(27)29-13-14-7-9-15(28-2)10-8-14)11-3-5-16(21)19(26)30-25-18-17(23-24-25)6-4-12-22-18/h4,6-10,12,16H,3,5,11,13H2,1-2H3/t16-,21-/m0/s1. The van der Waals surface area contributed by atoms with E-state index < -0.39 is 23.3 Å². The number of carbonyl (C=O) groups excluding carboxylic acids is 2. The summed E-state index contributed by atoms with van der Waals surface area (Å²) in [5, 5.41) is 7.74. The zero-order valence-corrected chi connectivity index (χ0v) is 16.8. The quantitative estimate of drug-likeness (QED) is 0.450. The molecule has 1 aliphatic carbocycles. The maximum Gasteiger partial charge on any atom is 0.339 e. The average molecular weight is 410 g/mol. The van der Waals surface area contributed by atoms with Crippen LogP contribution in [0.25, 0.3) is 11.2 Å². The smallest absolute Gasteiger partial charge is 0.339 e. The number of benzene rings is 1. The Bertz CT molecular complexity index is 1060. The number of rotatable bonds is 6. The van der Waals surface area contributed by atoms with Crippen LogP contribution in [0.15, 0.2) is 42.6 Å². The number of hydrogen-bond donors (Lipinski definition) is 0. The fraction of sp³-hybridized carbons (Fsp3) is 0.381. The van der Waals surface area contributed by atoms with Crippen LogP contribution in [-0.4, -0.2) is 39.2 Å². The van der Waals surface area contributed by atoms with Crippen molar-refractivity contribution in [1.82, 2.24) is 20.1 Å². The molecule has 0 aliphatic heterocycles. The van der Waals surface area contributed by atoms with Crippen molar-refractivity contribution >= 4 is 23.1 Å². The van der Waals surface area contributed by atoms with E-state index in [1.165, 1.54) is 0 Å². The predicted octanol–water partition coefficient (Wildman–Crippen LogP) is 2.34. The first-order chi connectivity index (χ1) is 14.5. The molecule has 2 heterocycles. The van der Waals surface area contributed by atoms with Crippen molar-refractivity contribution in [2.45, 2.75) is 32.8 Å². The topological polar surface area (TPSA) is 105 Å². The number of methoxy groups -OCH3 is 1. The minimum atomic E-state index is -0.965. The Hall–Kier alpha value is -3.49. The second kappa shape index (κ2) is 8.10. The fourth-order valence-corrected chi connectivity index (χ4v) is 3.78. The number of nitrogens with zero attached hydrogens (tertiary/aromatic N) is 4. The molecule has 1 aromatic carbocycles. The summed E-state index contributed by atoms with van der Waals surface area (Å²) < 4.78 is 10.7. The highest BCUT2D eigenvalue weighted by Crippen LogP contribution is 2.44. The zero-order chi connectivity index (χ0) is 21.1. The molecule has 30 heavy (non-hydrogen) atoms. The van der Waals surface area contributed by atoms with E-state index in [1.54, 1.807) is 44.5 Å². The number of fused-ring (bicyclic) bond motifs is 1. The Balaban J connectivity index is 1.43. The predicted molar refractivity (Wildman–Crippen MR) is 105 cm³/mol. The van der Waals surface area contributed by atoms with Gasteiger partial charge in [0.25, 0.3) is 0 Å². The third kappa shape index (κ3) is 3.70. The van der Waals surface area contributed by atoms with Crippen LogP contribution in [0.4, 0.5) is 0 Å². The zero-order valence-electron chi connectivity index (χ0n) is 16.8. The highest BCUT2D eigenvalue weighted by Gasteiger charge is 2.51. The first-order valence-electron chi connectivity index (χ1n) is 9.70. The van der Waals surface area contributed by atoms with E-state index in [9.17, 15) is 9.59 Å². The molecule has 0 N–H and O–H groups in total. The third-order valence-electron chi connectivity index (χ3n) is 5.60. The van der Waals surface area contributed by atoms with Gasteiger partial charge in [-0.2, -0.15) is 0 Å². The maximum absolute atomic E-state index is 12.9. The Labute approximate surface area is 172 Å². The molecule has 0 radical (unpaired) electrons. The lowest BCUT2D eigenvalue weighted by Crippen LogP contribution is -2.41. The van der Waals surface area contributed by atoms with Crippen molar-refractivity contribution in [2.24, 2.45) is 11.3 Å². The summed E-state index contributed by atoms with van der Waals surface area (Å²) in [7, 11) is 1.59. The molecule has 2 atom stereocenters. The summed E-state index contributed by atoms with van der Waals surface area (Å²) in [6.07, 6.45) is 3.37. The molecular formula is C21H22N4O5. The van der Waals surface area contributed by atoms with Gasteiger partial charge in [0.2, 0.25) is 5.65 Å². The van der Waals surface area contributed by atoms with Crippen molar-refractivity contribution in [3.8, 4) is 5.75 Å². The molecule has 9 nitrogen and oxygen atoms in total. The van der Waals surface area contributed by atoms with Crippen molar-refractivity contribution in [1.29, 1.82) is 0 Å². The molecule has 0 bridgehead atoms. The molecule has 4 rings (SSSR count). The van der Waals surface area contributed by atoms with Gasteiger partial charge in [0, 0.05) is 6.20 Å². The first kappa shape index (κ1) is 19.8. The molecule has 156 valence electrons. The summed E-state index contributed by atoms with van der Waals surface area (Å²) in [6, 6.07) is 10.7. The second-order valence-electron chi connectivity index (χ2n) is 7.51. The van der Waals surface area contributed by atoms with Crippen molar-refractivity contribution in [3.05, 3.63) is 48.2 Å². The summed E-state index contributed by atoms with van der Waals surface area (Å²) in [4.78, 5) is 36.3. The number of ether oxygens (including phenoxy) is 2. The third-order valence-corrected chi connectivity index (χ3v) is 5.60. The molecule has 0 spiro atoms. The van der Waals surface area contributed by atoms with E-state index in [0.717, 1.165) is 22.6 Å².